The molecule has 0 saturated carbocycles. The highest BCUT2D eigenvalue weighted by Gasteiger charge is 2.22. The van der Waals surface area contributed by atoms with Gasteiger partial charge in [-0.05, 0) is 29.9 Å². The number of benzene rings is 2. The van der Waals surface area contributed by atoms with E-state index in [1.165, 1.54) is 11.1 Å². The molecule has 0 aliphatic heterocycles. The van der Waals surface area contributed by atoms with Gasteiger partial charge in [0.25, 0.3) is 0 Å². The van der Waals surface area contributed by atoms with Crippen molar-refractivity contribution < 1.29 is 5.11 Å². The standard InChI is InChI=1S/C19H24O/c1-15(2)13-14-18(20)19(16-9-5-3-6-10-16)17-11-7-4-8-12-17/h3-12,15,18-20H,13-14H2,1-2H3. The Morgan fingerprint density at radius 2 is 1.20 bits per heavy atom. The van der Waals surface area contributed by atoms with E-state index < -0.39 is 0 Å². The second-order valence-electron chi connectivity index (χ2n) is 5.84. The second-order valence-corrected chi connectivity index (χ2v) is 5.84. The van der Waals surface area contributed by atoms with Crippen molar-refractivity contribution in [3.8, 4) is 0 Å². The Hall–Kier alpha value is -1.60. The van der Waals surface area contributed by atoms with E-state index >= 15 is 0 Å². The fourth-order valence-corrected chi connectivity index (χ4v) is 2.63. The second kappa shape index (κ2) is 7.25. The molecular weight excluding hydrogens is 244 g/mol. The average Bonchev–Trinajstić information content (AvgIpc) is 2.48. The largest absolute Gasteiger partial charge is 0.392 e. The van der Waals surface area contributed by atoms with E-state index in [4.69, 9.17) is 0 Å². The summed E-state index contributed by atoms with van der Waals surface area (Å²) in [5.41, 5.74) is 2.38. The smallest absolute Gasteiger partial charge is 0.0649 e. The van der Waals surface area contributed by atoms with Crippen LogP contribution in [0.5, 0.6) is 0 Å². The summed E-state index contributed by atoms with van der Waals surface area (Å²) in [6, 6.07) is 20.6. The fraction of sp³-hybridized carbons (Fsp3) is 0.368. The lowest BCUT2D eigenvalue weighted by atomic mass is 9.84. The third-order valence-corrected chi connectivity index (χ3v) is 3.74. The lowest BCUT2D eigenvalue weighted by Gasteiger charge is -2.24. The van der Waals surface area contributed by atoms with Crippen LogP contribution < -0.4 is 0 Å². The van der Waals surface area contributed by atoms with Crippen LogP contribution in [0.4, 0.5) is 0 Å². The molecule has 0 bridgehead atoms. The van der Waals surface area contributed by atoms with Gasteiger partial charge < -0.3 is 5.11 Å². The first kappa shape index (κ1) is 14.8. The van der Waals surface area contributed by atoms with Gasteiger partial charge in [0, 0.05) is 5.92 Å². The van der Waals surface area contributed by atoms with Crippen molar-refractivity contribution in [3.63, 3.8) is 0 Å². The van der Waals surface area contributed by atoms with Gasteiger partial charge in [0.2, 0.25) is 0 Å². The molecule has 1 heteroatoms. The van der Waals surface area contributed by atoms with E-state index in [9.17, 15) is 5.11 Å². The molecular formula is C19H24O. The van der Waals surface area contributed by atoms with Gasteiger partial charge >= 0.3 is 0 Å². The minimum Gasteiger partial charge on any atom is -0.392 e. The van der Waals surface area contributed by atoms with E-state index in [1.54, 1.807) is 0 Å². The minimum atomic E-state index is -0.331. The fourth-order valence-electron chi connectivity index (χ4n) is 2.63. The molecule has 0 aromatic heterocycles. The average molecular weight is 268 g/mol. The van der Waals surface area contributed by atoms with Gasteiger partial charge in [-0.15, -0.1) is 0 Å². The van der Waals surface area contributed by atoms with E-state index in [0.29, 0.717) is 5.92 Å². The number of aliphatic hydroxyl groups excluding tert-OH is 1. The van der Waals surface area contributed by atoms with Crippen molar-refractivity contribution in [2.75, 3.05) is 0 Å². The van der Waals surface area contributed by atoms with Gasteiger partial charge in [-0.2, -0.15) is 0 Å². The summed E-state index contributed by atoms with van der Waals surface area (Å²) in [7, 11) is 0. The number of hydrogen-bond donors (Lipinski definition) is 1. The number of hydrogen-bond acceptors (Lipinski definition) is 1. The third-order valence-electron chi connectivity index (χ3n) is 3.74. The molecule has 20 heavy (non-hydrogen) atoms. The van der Waals surface area contributed by atoms with Gasteiger partial charge in [0.15, 0.2) is 0 Å². The van der Waals surface area contributed by atoms with Gasteiger partial charge in [0.1, 0.15) is 0 Å². The molecule has 0 aliphatic carbocycles. The Morgan fingerprint density at radius 3 is 1.60 bits per heavy atom. The summed E-state index contributed by atoms with van der Waals surface area (Å²) in [6.07, 6.45) is 1.56. The van der Waals surface area contributed by atoms with Crippen molar-refractivity contribution >= 4 is 0 Å². The molecule has 0 heterocycles. The quantitative estimate of drug-likeness (QED) is 0.810. The molecule has 2 aromatic rings. The summed E-state index contributed by atoms with van der Waals surface area (Å²) in [6.45, 7) is 4.40. The van der Waals surface area contributed by atoms with Crippen LogP contribution in [-0.4, -0.2) is 11.2 Å². The molecule has 0 fully saturated rings. The maximum Gasteiger partial charge on any atom is 0.0649 e. The molecule has 0 radical (unpaired) electrons. The summed E-state index contributed by atoms with van der Waals surface area (Å²) < 4.78 is 0. The molecule has 1 nitrogen and oxygen atoms in total. The Morgan fingerprint density at radius 1 is 0.750 bits per heavy atom. The third kappa shape index (κ3) is 3.94. The SMILES string of the molecule is CC(C)CCC(O)C(c1ccccc1)c1ccccc1. The molecule has 0 spiro atoms. The maximum atomic E-state index is 10.7. The van der Waals surface area contributed by atoms with Crippen LogP contribution in [0.1, 0.15) is 43.7 Å². The van der Waals surface area contributed by atoms with E-state index in [1.807, 2.05) is 36.4 Å². The molecule has 0 amide bonds. The Balaban J connectivity index is 2.25. The maximum absolute atomic E-state index is 10.7. The van der Waals surface area contributed by atoms with Gasteiger partial charge in [-0.25, -0.2) is 0 Å². The highest BCUT2D eigenvalue weighted by molar-refractivity contribution is 5.33. The van der Waals surface area contributed by atoms with Gasteiger partial charge in [-0.3, -0.25) is 0 Å². The summed E-state index contributed by atoms with van der Waals surface area (Å²) in [4.78, 5) is 0. The Labute approximate surface area is 122 Å². The van der Waals surface area contributed by atoms with Crippen LogP contribution in [0.25, 0.3) is 0 Å². The van der Waals surface area contributed by atoms with Crippen molar-refractivity contribution in [1.82, 2.24) is 0 Å². The van der Waals surface area contributed by atoms with E-state index in [-0.39, 0.29) is 12.0 Å². The van der Waals surface area contributed by atoms with Crippen molar-refractivity contribution in [2.45, 2.75) is 38.7 Å². The summed E-state index contributed by atoms with van der Waals surface area (Å²) in [5, 5.41) is 10.7. The topological polar surface area (TPSA) is 20.2 Å². The first-order valence-electron chi connectivity index (χ1n) is 7.46. The Kier molecular flexibility index (Phi) is 5.37. The van der Waals surface area contributed by atoms with E-state index in [0.717, 1.165) is 12.8 Å². The lowest BCUT2D eigenvalue weighted by Crippen LogP contribution is -2.20. The van der Waals surface area contributed by atoms with Crippen LogP contribution in [-0.2, 0) is 0 Å². The van der Waals surface area contributed by atoms with Crippen LogP contribution in [0, 0.1) is 5.92 Å². The monoisotopic (exact) mass is 268 g/mol. The van der Waals surface area contributed by atoms with Crippen LogP contribution >= 0.6 is 0 Å². The van der Waals surface area contributed by atoms with Crippen molar-refractivity contribution in [3.05, 3.63) is 71.8 Å². The summed E-state index contributed by atoms with van der Waals surface area (Å²) in [5.74, 6) is 0.688. The molecule has 0 saturated heterocycles. The number of aliphatic hydroxyl groups is 1. The van der Waals surface area contributed by atoms with Crippen LogP contribution in [0.3, 0.4) is 0 Å². The molecule has 1 atom stereocenters. The summed E-state index contributed by atoms with van der Waals surface area (Å²) >= 11 is 0. The lowest BCUT2D eigenvalue weighted by molar-refractivity contribution is 0.139. The Bertz CT molecular complexity index is 450. The van der Waals surface area contributed by atoms with Gasteiger partial charge in [-0.1, -0.05) is 74.5 Å². The predicted molar refractivity (Wildman–Crippen MR) is 84.8 cm³/mol. The normalized spacial score (nSPS) is 12.8. The van der Waals surface area contributed by atoms with E-state index in [2.05, 4.69) is 38.1 Å². The molecule has 2 rings (SSSR count). The molecule has 106 valence electrons. The van der Waals surface area contributed by atoms with Crippen LogP contribution in [0.2, 0.25) is 0 Å². The molecule has 2 aromatic carbocycles. The van der Waals surface area contributed by atoms with Crippen LogP contribution in [0.15, 0.2) is 60.7 Å². The zero-order valence-electron chi connectivity index (χ0n) is 12.4. The van der Waals surface area contributed by atoms with Gasteiger partial charge in [0.05, 0.1) is 6.10 Å². The van der Waals surface area contributed by atoms with Crippen molar-refractivity contribution in [1.29, 1.82) is 0 Å². The number of rotatable bonds is 6. The molecule has 0 aliphatic rings. The van der Waals surface area contributed by atoms with Crippen molar-refractivity contribution in [2.24, 2.45) is 5.92 Å². The first-order chi connectivity index (χ1) is 9.68. The predicted octanol–water partition coefficient (Wildman–Crippen LogP) is 4.62. The highest BCUT2D eigenvalue weighted by Crippen LogP contribution is 2.30. The zero-order chi connectivity index (χ0) is 14.4. The highest BCUT2D eigenvalue weighted by atomic mass is 16.3. The molecule has 1 N–H and O–H groups in total. The first-order valence-corrected chi connectivity index (χ1v) is 7.46. The molecule has 1 unspecified atom stereocenters. The zero-order valence-corrected chi connectivity index (χ0v) is 12.4. The minimum absolute atomic E-state index is 0.0659.